The summed E-state index contributed by atoms with van der Waals surface area (Å²) in [6, 6.07) is 6.14. The molecule has 1 fully saturated rings. The van der Waals surface area contributed by atoms with Gasteiger partial charge in [0.25, 0.3) is 5.69 Å². The molecule has 0 amide bonds. The topological polar surface area (TPSA) is 128 Å². The lowest BCUT2D eigenvalue weighted by atomic mass is 9.80. The number of Topliss-reactive ketones (excluding diaryl/α,β-unsaturated/α-hetero) is 1. The number of ether oxygens (including phenoxy) is 2. The van der Waals surface area contributed by atoms with Crippen molar-refractivity contribution >= 4 is 23.4 Å². The first-order valence-corrected chi connectivity index (χ1v) is 12.5. The van der Waals surface area contributed by atoms with E-state index in [0.29, 0.717) is 47.5 Å². The van der Waals surface area contributed by atoms with Crippen molar-refractivity contribution in [3.8, 4) is 0 Å². The van der Waals surface area contributed by atoms with Crippen LogP contribution >= 0.6 is 0 Å². The Kier molecular flexibility index (Phi) is 9.57. The van der Waals surface area contributed by atoms with Crippen molar-refractivity contribution < 1.29 is 28.8 Å². The van der Waals surface area contributed by atoms with Crippen LogP contribution in [0.25, 0.3) is 0 Å². The average molecular weight is 514 g/mol. The largest absolute Gasteiger partial charge is 0.461 e. The van der Waals surface area contributed by atoms with Gasteiger partial charge >= 0.3 is 11.9 Å². The van der Waals surface area contributed by atoms with Crippen LogP contribution < -0.4 is 5.32 Å². The molecule has 0 radical (unpaired) electrons. The summed E-state index contributed by atoms with van der Waals surface area (Å²) in [5.41, 5.74) is 2.72. The first-order chi connectivity index (χ1) is 17.6. The second-order valence-electron chi connectivity index (χ2n) is 9.66. The van der Waals surface area contributed by atoms with E-state index in [1.807, 2.05) is 6.92 Å². The number of nitro groups is 1. The molecular formula is C27H35N3O7. The Morgan fingerprint density at radius 2 is 1.92 bits per heavy atom. The molecule has 2 aliphatic heterocycles. The van der Waals surface area contributed by atoms with Crippen LogP contribution in [-0.2, 0) is 23.9 Å². The maximum Gasteiger partial charge on any atom is 0.337 e. The number of dihydropyridines is 1. The quantitative estimate of drug-likeness (QED) is 0.203. The fourth-order valence-corrected chi connectivity index (χ4v) is 4.88. The highest BCUT2D eigenvalue weighted by atomic mass is 16.6. The molecule has 0 aliphatic carbocycles. The minimum atomic E-state index is -0.669. The number of hydrogen-bond donors (Lipinski definition) is 1. The Morgan fingerprint density at radius 1 is 1.16 bits per heavy atom. The SMILES string of the molecule is CC(=O)CCCCN1CCC(OC(=O)C2=C(C)NC(C)=C(COC(C)=O)[C@@H]2c2cccc([N+](=O)[O-])c2)C1. The van der Waals surface area contributed by atoms with Gasteiger partial charge in [-0.2, -0.15) is 0 Å². The summed E-state index contributed by atoms with van der Waals surface area (Å²) in [5, 5.41) is 14.6. The second kappa shape index (κ2) is 12.6. The number of unbranched alkanes of at least 4 members (excludes halogenated alkanes) is 1. The molecule has 1 aromatic carbocycles. The van der Waals surface area contributed by atoms with Gasteiger partial charge in [0.15, 0.2) is 0 Å². The fourth-order valence-electron chi connectivity index (χ4n) is 4.88. The zero-order chi connectivity index (χ0) is 27.1. The van der Waals surface area contributed by atoms with E-state index >= 15 is 0 Å². The minimum Gasteiger partial charge on any atom is -0.461 e. The van der Waals surface area contributed by atoms with E-state index in [2.05, 4.69) is 10.2 Å². The smallest absolute Gasteiger partial charge is 0.337 e. The third kappa shape index (κ3) is 7.48. The number of benzene rings is 1. The normalized spacial score (nSPS) is 20.0. The molecule has 0 aromatic heterocycles. The monoisotopic (exact) mass is 513 g/mol. The van der Waals surface area contributed by atoms with Crippen molar-refractivity contribution in [3.05, 3.63) is 62.5 Å². The van der Waals surface area contributed by atoms with Gasteiger partial charge < -0.3 is 19.6 Å². The standard InChI is InChI=1S/C27H35N3O7/c1-17(31)8-5-6-12-29-13-11-23(15-29)37-27(33)25-19(3)28-18(2)24(16-36-20(4)32)26(25)21-9-7-10-22(14-21)30(34)35/h7,9-10,14,23,26,28H,5-6,8,11-13,15-16H2,1-4H3/t23?,26-/m0/s1. The number of hydrogen-bond acceptors (Lipinski definition) is 9. The first-order valence-electron chi connectivity index (χ1n) is 12.5. The molecule has 2 atom stereocenters. The molecule has 1 N–H and O–H groups in total. The van der Waals surface area contributed by atoms with Crippen molar-refractivity contribution in [2.24, 2.45) is 0 Å². The molecule has 0 spiro atoms. The van der Waals surface area contributed by atoms with Gasteiger partial charge in [0.05, 0.1) is 10.5 Å². The molecule has 2 aliphatic rings. The maximum absolute atomic E-state index is 13.6. The lowest BCUT2D eigenvalue weighted by molar-refractivity contribution is -0.384. The third-order valence-electron chi connectivity index (χ3n) is 6.72. The molecule has 0 saturated carbocycles. The van der Waals surface area contributed by atoms with E-state index in [9.17, 15) is 24.5 Å². The Labute approximate surface area is 216 Å². The van der Waals surface area contributed by atoms with Gasteiger partial charge in [-0.05, 0) is 57.7 Å². The molecular weight excluding hydrogens is 478 g/mol. The Balaban J connectivity index is 1.81. The van der Waals surface area contributed by atoms with Gasteiger partial charge in [-0.15, -0.1) is 0 Å². The third-order valence-corrected chi connectivity index (χ3v) is 6.72. The van der Waals surface area contributed by atoms with E-state index in [1.54, 1.807) is 26.0 Å². The summed E-state index contributed by atoms with van der Waals surface area (Å²) in [7, 11) is 0. The van der Waals surface area contributed by atoms with Crippen LogP contribution in [0.1, 0.15) is 64.9 Å². The number of non-ortho nitro benzene ring substituents is 1. The van der Waals surface area contributed by atoms with E-state index in [-0.39, 0.29) is 24.2 Å². The highest BCUT2D eigenvalue weighted by Crippen LogP contribution is 2.40. The van der Waals surface area contributed by atoms with E-state index in [1.165, 1.54) is 19.1 Å². The van der Waals surface area contributed by atoms with Crippen LogP contribution in [0.15, 0.2) is 46.8 Å². The predicted molar refractivity (Wildman–Crippen MR) is 136 cm³/mol. The lowest BCUT2D eigenvalue weighted by Crippen LogP contribution is -2.33. The van der Waals surface area contributed by atoms with E-state index < -0.39 is 22.8 Å². The number of carbonyl (C=O) groups excluding carboxylic acids is 3. The van der Waals surface area contributed by atoms with Gasteiger partial charge in [0.2, 0.25) is 0 Å². The molecule has 0 bridgehead atoms. The highest BCUT2D eigenvalue weighted by Gasteiger charge is 2.37. The number of esters is 2. The summed E-state index contributed by atoms with van der Waals surface area (Å²) in [5.74, 6) is -1.45. The molecule has 2 heterocycles. The lowest BCUT2D eigenvalue weighted by Gasteiger charge is -2.32. The van der Waals surface area contributed by atoms with Crippen molar-refractivity contribution in [3.63, 3.8) is 0 Å². The molecule has 37 heavy (non-hydrogen) atoms. The van der Waals surface area contributed by atoms with E-state index in [4.69, 9.17) is 9.47 Å². The predicted octanol–water partition coefficient (Wildman–Crippen LogP) is 3.77. The van der Waals surface area contributed by atoms with Crippen LogP contribution in [0, 0.1) is 10.1 Å². The van der Waals surface area contributed by atoms with Gasteiger partial charge in [0.1, 0.15) is 18.5 Å². The van der Waals surface area contributed by atoms with Gasteiger partial charge in [-0.1, -0.05) is 12.1 Å². The Bertz CT molecular complexity index is 1120. The number of nitrogens with one attached hydrogen (secondary N) is 1. The van der Waals surface area contributed by atoms with Crippen LogP contribution in [-0.4, -0.2) is 59.9 Å². The fraction of sp³-hybridized carbons (Fsp3) is 0.519. The van der Waals surface area contributed by atoms with Crippen molar-refractivity contribution in [2.45, 2.75) is 65.4 Å². The van der Waals surface area contributed by atoms with Crippen molar-refractivity contribution in [2.75, 3.05) is 26.2 Å². The molecule has 10 nitrogen and oxygen atoms in total. The molecule has 1 aromatic rings. The number of carbonyl (C=O) groups is 3. The van der Waals surface area contributed by atoms with Crippen LogP contribution in [0.3, 0.4) is 0 Å². The number of likely N-dealkylation sites (tertiary alicyclic amines) is 1. The summed E-state index contributed by atoms with van der Waals surface area (Å²) in [4.78, 5) is 49.5. The summed E-state index contributed by atoms with van der Waals surface area (Å²) >= 11 is 0. The van der Waals surface area contributed by atoms with Crippen molar-refractivity contribution in [1.82, 2.24) is 10.2 Å². The number of rotatable bonds is 11. The maximum atomic E-state index is 13.6. The minimum absolute atomic E-state index is 0.0664. The summed E-state index contributed by atoms with van der Waals surface area (Å²) < 4.78 is 11.2. The van der Waals surface area contributed by atoms with Gasteiger partial charge in [-0.25, -0.2) is 4.79 Å². The number of nitro benzene ring substituents is 1. The number of nitrogens with zero attached hydrogens (tertiary/aromatic N) is 2. The average Bonchev–Trinajstić information content (AvgIpc) is 3.27. The number of allylic oxidation sites excluding steroid dienone is 2. The van der Waals surface area contributed by atoms with Crippen LogP contribution in [0.5, 0.6) is 0 Å². The Hall–Kier alpha value is -3.53. The summed E-state index contributed by atoms with van der Waals surface area (Å²) in [6.07, 6.45) is 2.75. The zero-order valence-electron chi connectivity index (χ0n) is 21.9. The summed E-state index contributed by atoms with van der Waals surface area (Å²) in [6.45, 7) is 8.67. The second-order valence-corrected chi connectivity index (χ2v) is 9.66. The molecule has 1 saturated heterocycles. The number of ketones is 1. The molecule has 3 rings (SSSR count). The van der Waals surface area contributed by atoms with Gasteiger partial charge in [0, 0.05) is 55.9 Å². The van der Waals surface area contributed by atoms with Crippen LogP contribution in [0.2, 0.25) is 0 Å². The zero-order valence-corrected chi connectivity index (χ0v) is 21.9. The first kappa shape index (κ1) is 28.0. The highest BCUT2D eigenvalue weighted by molar-refractivity contribution is 5.93. The molecule has 1 unspecified atom stereocenters. The van der Waals surface area contributed by atoms with Crippen molar-refractivity contribution in [1.29, 1.82) is 0 Å². The molecule has 200 valence electrons. The van der Waals surface area contributed by atoms with Gasteiger partial charge in [-0.3, -0.25) is 19.8 Å². The Morgan fingerprint density at radius 3 is 2.59 bits per heavy atom. The van der Waals surface area contributed by atoms with Crippen LogP contribution in [0.4, 0.5) is 5.69 Å². The van der Waals surface area contributed by atoms with E-state index in [0.717, 1.165) is 25.9 Å². The molecule has 10 heteroatoms.